The van der Waals surface area contributed by atoms with Crippen LogP contribution in [-0.4, -0.2) is 23.9 Å². The maximum Gasteiger partial charge on any atom is 0.0850 e. The maximum atomic E-state index is 10.00. The maximum absolute atomic E-state index is 10.00. The molecule has 6 atom stereocenters. The SMILES string of the molecule is C=C1CC[C@H]2C[C@]12C(/C=C1\CCC[C@]2(C)[C@@H](CCCCC(C)(C)O)CC[C@@H]12)OC. The highest BCUT2D eigenvalue weighted by Crippen LogP contribution is 2.69. The largest absolute Gasteiger partial charge is 0.390 e. The number of hydrogen-bond donors (Lipinski definition) is 1. The summed E-state index contributed by atoms with van der Waals surface area (Å²) in [4.78, 5) is 0. The van der Waals surface area contributed by atoms with Crippen LogP contribution in [0.3, 0.4) is 0 Å². The summed E-state index contributed by atoms with van der Waals surface area (Å²) in [5.74, 6) is 2.45. The fourth-order valence-electron chi connectivity index (χ4n) is 7.66. The second-order valence-electron chi connectivity index (χ2n) is 11.7. The van der Waals surface area contributed by atoms with Crippen LogP contribution in [-0.2, 0) is 4.74 Å². The normalized spacial score (nSPS) is 41.5. The van der Waals surface area contributed by atoms with Crippen LogP contribution in [0.2, 0.25) is 0 Å². The lowest BCUT2D eigenvalue weighted by Gasteiger charge is -2.43. The zero-order chi connectivity index (χ0) is 20.9. The van der Waals surface area contributed by atoms with Crippen LogP contribution in [0.1, 0.15) is 97.8 Å². The summed E-state index contributed by atoms with van der Waals surface area (Å²) in [5, 5.41) is 10.00. The third-order valence-electron chi connectivity index (χ3n) is 9.48. The molecule has 0 aromatic carbocycles. The molecule has 0 aromatic heterocycles. The van der Waals surface area contributed by atoms with Gasteiger partial charge < -0.3 is 9.84 Å². The minimum absolute atomic E-state index is 0.255. The first-order valence-corrected chi connectivity index (χ1v) is 12.3. The van der Waals surface area contributed by atoms with E-state index in [1.54, 1.807) is 5.57 Å². The number of rotatable bonds is 8. The first-order valence-electron chi connectivity index (χ1n) is 12.3. The molecule has 0 saturated heterocycles. The van der Waals surface area contributed by atoms with Crippen molar-refractivity contribution in [2.45, 2.75) is 110 Å². The van der Waals surface area contributed by atoms with E-state index >= 15 is 0 Å². The zero-order valence-electron chi connectivity index (χ0n) is 19.4. The zero-order valence-corrected chi connectivity index (χ0v) is 19.4. The lowest BCUT2D eigenvalue weighted by atomic mass is 9.62. The number of aliphatic hydroxyl groups is 1. The van der Waals surface area contributed by atoms with E-state index in [0.29, 0.717) is 5.41 Å². The molecule has 164 valence electrons. The molecule has 4 saturated carbocycles. The minimum atomic E-state index is -0.512. The Labute approximate surface area is 179 Å². The molecule has 0 heterocycles. The van der Waals surface area contributed by atoms with E-state index in [-0.39, 0.29) is 11.5 Å². The molecule has 4 aliphatic carbocycles. The van der Waals surface area contributed by atoms with Gasteiger partial charge in [-0.25, -0.2) is 0 Å². The van der Waals surface area contributed by atoms with Crippen LogP contribution in [0.4, 0.5) is 0 Å². The Kier molecular flexibility index (Phi) is 5.84. The van der Waals surface area contributed by atoms with Crippen LogP contribution < -0.4 is 0 Å². The highest BCUT2D eigenvalue weighted by Gasteiger charge is 2.63. The molecule has 4 aliphatic rings. The third kappa shape index (κ3) is 3.89. The number of methoxy groups -OCH3 is 1. The summed E-state index contributed by atoms with van der Waals surface area (Å²) in [5.41, 5.74) is 3.42. The molecule has 0 aromatic rings. The average molecular weight is 401 g/mol. The molecule has 0 aliphatic heterocycles. The molecular weight excluding hydrogens is 356 g/mol. The van der Waals surface area contributed by atoms with Gasteiger partial charge in [0.05, 0.1) is 11.7 Å². The molecule has 4 rings (SSSR count). The molecule has 0 spiro atoms. The monoisotopic (exact) mass is 400 g/mol. The fourth-order valence-corrected chi connectivity index (χ4v) is 7.66. The van der Waals surface area contributed by atoms with E-state index < -0.39 is 5.60 Å². The van der Waals surface area contributed by atoms with Crippen molar-refractivity contribution in [1.82, 2.24) is 0 Å². The van der Waals surface area contributed by atoms with E-state index in [1.807, 2.05) is 21.0 Å². The van der Waals surface area contributed by atoms with Crippen LogP contribution in [0.5, 0.6) is 0 Å². The van der Waals surface area contributed by atoms with Gasteiger partial charge in [-0.1, -0.05) is 43.6 Å². The Morgan fingerprint density at radius 3 is 2.66 bits per heavy atom. The van der Waals surface area contributed by atoms with Gasteiger partial charge in [-0.3, -0.25) is 0 Å². The van der Waals surface area contributed by atoms with Crippen molar-refractivity contribution < 1.29 is 9.84 Å². The van der Waals surface area contributed by atoms with Crippen molar-refractivity contribution in [3.05, 3.63) is 23.8 Å². The topological polar surface area (TPSA) is 29.5 Å². The second kappa shape index (κ2) is 7.83. The average Bonchev–Trinajstić information content (AvgIpc) is 3.17. The first kappa shape index (κ1) is 21.6. The summed E-state index contributed by atoms with van der Waals surface area (Å²) < 4.78 is 6.11. The highest BCUT2D eigenvalue weighted by molar-refractivity contribution is 5.35. The molecular formula is C27H44O2. The van der Waals surface area contributed by atoms with Crippen LogP contribution in [0.25, 0.3) is 0 Å². The standard InChI is InChI=1S/C27H44O2/c1-19-11-12-22-18-27(19,22)24(29-5)17-20-9-8-16-26(4)21(13-14-23(20)26)10-6-7-15-25(2,3)28/h17,21-24,28H,1,6-16,18H2,2-5H3/b20-17+/t21-,22-,23-,24?,26+,27-/m0/s1. The summed E-state index contributed by atoms with van der Waals surface area (Å²) in [6.07, 6.45) is 18.1. The van der Waals surface area contributed by atoms with E-state index in [9.17, 15) is 5.11 Å². The lowest BCUT2D eigenvalue weighted by Crippen LogP contribution is -2.34. The number of unbranched alkanes of at least 4 members (excludes halogenated alkanes) is 1. The summed E-state index contributed by atoms with van der Waals surface area (Å²) in [7, 11) is 1.92. The van der Waals surface area contributed by atoms with Crippen molar-refractivity contribution in [2.75, 3.05) is 7.11 Å². The van der Waals surface area contributed by atoms with Crippen molar-refractivity contribution in [3.63, 3.8) is 0 Å². The van der Waals surface area contributed by atoms with Crippen molar-refractivity contribution >= 4 is 0 Å². The van der Waals surface area contributed by atoms with Crippen molar-refractivity contribution in [3.8, 4) is 0 Å². The fraction of sp³-hybridized carbons (Fsp3) is 0.852. The van der Waals surface area contributed by atoms with Crippen molar-refractivity contribution in [2.24, 2.45) is 28.6 Å². The predicted molar refractivity (Wildman–Crippen MR) is 121 cm³/mol. The molecule has 0 amide bonds. The second-order valence-corrected chi connectivity index (χ2v) is 11.7. The Balaban J connectivity index is 1.43. The van der Waals surface area contributed by atoms with Gasteiger partial charge in [0, 0.05) is 12.5 Å². The van der Waals surface area contributed by atoms with Crippen LogP contribution in [0.15, 0.2) is 23.8 Å². The molecule has 1 N–H and O–H groups in total. The van der Waals surface area contributed by atoms with E-state index in [2.05, 4.69) is 19.6 Å². The summed E-state index contributed by atoms with van der Waals surface area (Å²) >= 11 is 0. The molecule has 2 heteroatoms. The molecule has 0 bridgehead atoms. The van der Waals surface area contributed by atoms with Crippen molar-refractivity contribution in [1.29, 1.82) is 0 Å². The van der Waals surface area contributed by atoms with Crippen LogP contribution >= 0.6 is 0 Å². The number of hydrogen-bond acceptors (Lipinski definition) is 2. The van der Waals surface area contributed by atoms with Crippen LogP contribution in [0, 0.1) is 28.6 Å². The predicted octanol–water partition coefficient (Wildman–Crippen LogP) is 6.83. The minimum Gasteiger partial charge on any atom is -0.390 e. The molecule has 0 radical (unpaired) electrons. The highest BCUT2D eigenvalue weighted by atomic mass is 16.5. The van der Waals surface area contributed by atoms with Gasteiger partial charge in [-0.05, 0) is 101 Å². The Morgan fingerprint density at radius 1 is 1.24 bits per heavy atom. The van der Waals surface area contributed by atoms with Gasteiger partial charge in [-0.15, -0.1) is 0 Å². The van der Waals surface area contributed by atoms with Gasteiger partial charge in [0.1, 0.15) is 0 Å². The molecule has 1 unspecified atom stereocenters. The summed E-state index contributed by atoms with van der Waals surface area (Å²) in [6.45, 7) is 10.9. The van der Waals surface area contributed by atoms with Gasteiger partial charge in [-0.2, -0.15) is 0 Å². The quantitative estimate of drug-likeness (QED) is 0.357. The molecule has 2 nitrogen and oxygen atoms in total. The van der Waals surface area contributed by atoms with E-state index in [0.717, 1.165) is 30.6 Å². The Bertz CT molecular complexity index is 656. The summed E-state index contributed by atoms with van der Waals surface area (Å²) in [6, 6.07) is 0. The van der Waals surface area contributed by atoms with Gasteiger partial charge in [0.25, 0.3) is 0 Å². The molecule has 29 heavy (non-hydrogen) atoms. The van der Waals surface area contributed by atoms with E-state index in [4.69, 9.17) is 4.74 Å². The third-order valence-corrected chi connectivity index (χ3v) is 9.48. The first-order chi connectivity index (χ1) is 13.7. The van der Waals surface area contributed by atoms with Gasteiger partial charge >= 0.3 is 0 Å². The van der Waals surface area contributed by atoms with Gasteiger partial charge in [0.2, 0.25) is 0 Å². The van der Waals surface area contributed by atoms with Gasteiger partial charge in [0.15, 0.2) is 0 Å². The number of ether oxygens (including phenoxy) is 1. The molecule has 4 fully saturated rings. The number of allylic oxidation sites excluding steroid dienone is 1. The Hall–Kier alpha value is -0.600. The van der Waals surface area contributed by atoms with E-state index in [1.165, 1.54) is 69.8 Å². The number of fused-ring (bicyclic) bond motifs is 2. The lowest BCUT2D eigenvalue weighted by molar-refractivity contribution is 0.0657. The Morgan fingerprint density at radius 2 is 2.03 bits per heavy atom. The smallest absolute Gasteiger partial charge is 0.0850 e.